The van der Waals surface area contributed by atoms with Crippen LogP contribution in [0, 0.1) is 20.8 Å². The van der Waals surface area contributed by atoms with Crippen LogP contribution in [0.2, 0.25) is 13.6 Å². The van der Waals surface area contributed by atoms with E-state index in [4.69, 9.17) is 0 Å². The molecule has 23 heavy (non-hydrogen) atoms. The maximum atomic E-state index is 11.5. The van der Waals surface area contributed by atoms with E-state index in [1.165, 1.54) is 0 Å². The van der Waals surface area contributed by atoms with Gasteiger partial charge in [-0.3, -0.25) is 0 Å². The topological polar surface area (TPSA) is 60.8 Å². The zero-order valence-electron chi connectivity index (χ0n) is 15.5. The lowest BCUT2D eigenvalue weighted by molar-refractivity contribution is 0.0692. The van der Waals surface area contributed by atoms with Gasteiger partial charge in [0.1, 0.15) is 11.3 Å². The van der Waals surface area contributed by atoms with Crippen molar-refractivity contribution in [2.24, 2.45) is 0 Å². The molecule has 0 amide bonds. The van der Waals surface area contributed by atoms with Gasteiger partial charge in [0.2, 0.25) is 0 Å². The molecule has 128 valence electrons. The highest BCUT2D eigenvalue weighted by Gasteiger charge is 2.27. The predicted molar refractivity (Wildman–Crippen MR) is 97.2 cm³/mol. The van der Waals surface area contributed by atoms with Gasteiger partial charge >= 0.3 is 5.97 Å². The Morgan fingerprint density at radius 1 is 1.17 bits per heavy atom. The second kappa shape index (κ2) is 7.87. The maximum Gasteiger partial charge on any atom is 0.339 e. The van der Waals surface area contributed by atoms with Crippen molar-refractivity contribution >= 4 is 12.7 Å². The van der Waals surface area contributed by atoms with Crippen LogP contribution in [0.1, 0.15) is 46.0 Å². The smallest absolute Gasteiger partial charge is 0.339 e. The number of carboxylic acids is 1. The monoisotopic (exact) mass is 319 g/mol. The number of likely N-dealkylation sites (N-methyl/N-ethyl adjacent to an activating group) is 1. The molecule has 2 N–H and O–H groups in total. The average Bonchev–Trinajstić information content (AvgIpc) is 2.44. The van der Waals surface area contributed by atoms with E-state index in [1.807, 2.05) is 13.8 Å². The lowest BCUT2D eigenvalue weighted by Crippen LogP contribution is -2.43. The van der Waals surface area contributed by atoms with Crippen molar-refractivity contribution in [1.29, 1.82) is 0 Å². The quantitative estimate of drug-likeness (QED) is 0.754. The van der Waals surface area contributed by atoms with Crippen molar-refractivity contribution < 1.29 is 15.0 Å². The van der Waals surface area contributed by atoms with Crippen LogP contribution in [0.4, 0.5) is 0 Å². The Morgan fingerprint density at radius 3 is 2.17 bits per heavy atom. The normalized spacial score (nSPS) is 12.5. The van der Waals surface area contributed by atoms with E-state index < -0.39 is 5.97 Å². The maximum absolute atomic E-state index is 11.5. The van der Waals surface area contributed by atoms with Gasteiger partial charge in [-0.15, -0.1) is 0 Å². The summed E-state index contributed by atoms with van der Waals surface area (Å²) in [5, 5.41) is 20.0. The summed E-state index contributed by atoms with van der Waals surface area (Å²) >= 11 is 0. The highest BCUT2D eigenvalue weighted by Crippen LogP contribution is 2.34. The third-order valence-corrected chi connectivity index (χ3v) is 5.01. The molecule has 0 aliphatic rings. The molecule has 0 heterocycles. The fourth-order valence-corrected chi connectivity index (χ4v) is 3.34. The largest absolute Gasteiger partial charge is 0.507 e. The second-order valence-electron chi connectivity index (χ2n) is 6.88. The summed E-state index contributed by atoms with van der Waals surface area (Å²) in [4.78, 5) is 13.8. The minimum Gasteiger partial charge on any atom is -0.507 e. The van der Waals surface area contributed by atoms with E-state index in [9.17, 15) is 15.0 Å². The first-order valence-electron chi connectivity index (χ1n) is 8.38. The molecule has 0 radical (unpaired) electrons. The zero-order valence-corrected chi connectivity index (χ0v) is 15.5. The lowest BCUT2D eigenvalue weighted by Gasteiger charge is -2.31. The molecule has 1 unspecified atom stereocenters. The average molecular weight is 319 g/mol. The SMILES string of the molecule is CCCN(C)C(Cc1c(C)c(C)c(C)c(C(=O)O)c1O)B(C)C. The number of hydrogen-bond donors (Lipinski definition) is 2. The standard InChI is InChI=1S/C18H30BNO3/c1-8-9-20(7)15(19(5)6)10-14-12(3)11(2)13(4)16(17(14)21)18(22)23/h15,21H,8-10H2,1-7H3,(H,22,23). The Kier molecular flexibility index (Phi) is 6.69. The molecule has 0 saturated carbocycles. The number of benzene rings is 1. The van der Waals surface area contributed by atoms with Crippen molar-refractivity contribution in [3.63, 3.8) is 0 Å². The van der Waals surface area contributed by atoms with Crippen molar-refractivity contribution in [2.45, 2.75) is 60.1 Å². The molecule has 5 heteroatoms. The number of hydrogen-bond acceptors (Lipinski definition) is 3. The first-order chi connectivity index (χ1) is 10.6. The lowest BCUT2D eigenvalue weighted by atomic mass is 9.46. The Hall–Kier alpha value is -1.49. The van der Waals surface area contributed by atoms with E-state index in [2.05, 4.69) is 32.5 Å². The first-order valence-corrected chi connectivity index (χ1v) is 8.38. The van der Waals surface area contributed by atoms with Gasteiger partial charge in [-0.1, -0.05) is 20.6 Å². The summed E-state index contributed by atoms with van der Waals surface area (Å²) in [5.41, 5.74) is 3.42. The molecule has 0 aliphatic heterocycles. The van der Waals surface area contributed by atoms with Crippen LogP contribution in [0.25, 0.3) is 0 Å². The van der Waals surface area contributed by atoms with Gasteiger partial charge in [-0.2, -0.15) is 0 Å². The summed E-state index contributed by atoms with van der Waals surface area (Å²) in [6, 6.07) is 0. The van der Waals surface area contributed by atoms with E-state index in [0.717, 1.165) is 29.7 Å². The molecule has 1 rings (SSSR count). The molecular weight excluding hydrogens is 289 g/mol. The van der Waals surface area contributed by atoms with Crippen LogP contribution in [0.3, 0.4) is 0 Å². The highest BCUT2D eigenvalue weighted by molar-refractivity contribution is 6.57. The van der Waals surface area contributed by atoms with Gasteiger partial charge in [0.25, 0.3) is 0 Å². The van der Waals surface area contributed by atoms with E-state index >= 15 is 0 Å². The number of rotatable bonds is 7. The fourth-order valence-electron chi connectivity index (χ4n) is 3.34. The Labute approximate surface area is 140 Å². The van der Waals surface area contributed by atoms with Gasteiger partial charge < -0.3 is 15.1 Å². The van der Waals surface area contributed by atoms with Crippen LogP contribution in [-0.4, -0.2) is 47.3 Å². The van der Waals surface area contributed by atoms with Crippen LogP contribution in [0.5, 0.6) is 5.75 Å². The summed E-state index contributed by atoms with van der Waals surface area (Å²) in [6.45, 7) is 13.6. The van der Waals surface area contributed by atoms with Gasteiger partial charge in [0.15, 0.2) is 6.71 Å². The van der Waals surface area contributed by atoms with Crippen molar-refractivity contribution in [2.75, 3.05) is 13.6 Å². The number of aromatic carboxylic acids is 1. The molecule has 1 atom stereocenters. The van der Waals surface area contributed by atoms with Crippen LogP contribution < -0.4 is 0 Å². The van der Waals surface area contributed by atoms with Gasteiger partial charge in [-0.05, 0) is 75.4 Å². The van der Waals surface area contributed by atoms with E-state index in [1.54, 1.807) is 6.92 Å². The third-order valence-electron chi connectivity index (χ3n) is 5.01. The molecular formula is C18H30BNO3. The molecule has 0 spiro atoms. The highest BCUT2D eigenvalue weighted by atomic mass is 16.4. The van der Waals surface area contributed by atoms with Crippen molar-refractivity contribution in [1.82, 2.24) is 4.90 Å². The fraction of sp³-hybridized carbons (Fsp3) is 0.611. The van der Waals surface area contributed by atoms with Gasteiger partial charge in [-0.25, -0.2) is 4.79 Å². The third kappa shape index (κ3) is 4.08. The minimum absolute atomic E-state index is 0.0451. The molecule has 1 aromatic carbocycles. The molecule has 1 aromatic rings. The molecule has 4 nitrogen and oxygen atoms in total. The molecule has 0 aromatic heterocycles. The number of nitrogens with zero attached hydrogens (tertiary/aromatic N) is 1. The van der Waals surface area contributed by atoms with Crippen LogP contribution >= 0.6 is 0 Å². The molecule has 0 aliphatic carbocycles. The van der Waals surface area contributed by atoms with Crippen LogP contribution in [-0.2, 0) is 6.42 Å². The zero-order chi connectivity index (χ0) is 17.9. The number of carboxylic acid groups (broad SMARTS) is 1. The molecule has 0 fully saturated rings. The Bertz CT molecular complexity index is 584. The Balaban J connectivity index is 3.39. The number of phenols is 1. The minimum atomic E-state index is -1.06. The van der Waals surface area contributed by atoms with Gasteiger partial charge in [0, 0.05) is 0 Å². The predicted octanol–water partition coefficient (Wildman–Crippen LogP) is 3.56. The summed E-state index contributed by atoms with van der Waals surface area (Å²) in [6.07, 6.45) is 1.73. The summed E-state index contributed by atoms with van der Waals surface area (Å²) in [7, 11) is 2.10. The molecule has 0 bridgehead atoms. The second-order valence-corrected chi connectivity index (χ2v) is 6.88. The van der Waals surface area contributed by atoms with Crippen molar-refractivity contribution in [3.05, 3.63) is 27.8 Å². The summed E-state index contributed by atoms with van der Waals surface area (Å²) in [5.74, 6) is -0.857. The van der Waals surface area contributed by atoms with E-state index in [0.29, 0.717) is 18.7 Å². The summed E-state index contributed by atoms with van der Waals surface area (Å²) < 4.78 is 0. The number of aromatic hydroxyl groups is 1. The van der Waals surface area contributed by atoms with Gasteiger partial charge in [0.05, 0.1) is 0 Å². The van der Waals surface area contributed by atoms with Crippen molar-refractivity contribution in [3.8, 4) is 5.75 Å². The Morgan fingerprint density at radius 2 is 1.74 bits per heavy atom. The van der Waals surface area contributed by atoms with E-state index in [-0.39, 0.29) is 17.3 Å². The first kappa shape index (κ1) is 19.6. The number of carbonyl (C=O) groups is 1. The van der Waals surface area contributed by atoms with Crippen LogP contribution in [0.15, 0.2) is 0 Å². The molecule has 0 saturated heterocycles.